The average Bonchev–Trinajstić information content (AvgIpc) is 3.10. The van der Waals surface area contributed by atoms with Crippen molar-refractivity contribution in [3.05, 3.63) is 82.9 Å². The molecule has 0 spiro atoms. The van der Waals surface area contributed by atoms with Crippen LogP contribution in [0.3, 0.4) is 0 Å². The lowest BCUT2D eigenvalue weighted by molar-refractivity contribution is -0.117. The molecule has 1 heterocycles. The van der Waals surface area contributed by atoms with Gasteiger partial charge in [0.05, 0.1) is 12.2 Å². The second kappa shape index (κ2) is 9.17. The molecule has 0 saturated heterocycles. The van der Waals surface area contributed by atoms with Crippen LogP contribution in [0, 0.1) is 12.7 Å². The number of carbonyl (C=O) groups excluding carboxylic acids is 3. The number of ketones is 1. The Morgan fingerprint density at radius 2 is 1.70 bits per heavy atom. The molecule has 0 radical (unpaired) electrons. The molecule has 2 N–H and O–H groups in total. The maximum atomic E-state index is 13.4. The number of esters is 1. The third kappa shape index (κ3) is 4.46. The van der Waals surface area contributed by atoms with Crippen molar-refractivity contribution in [3.8, 4) is 11.1 Å². The number of ether oxygens (including phenoxy) is 1. The Labute approximate surface area is 173 Å². The van der Waals surface area contributed by atoms with E-state index in [2.05, 4.69) is 10.3 Å². The number of carbonyl (C=O) groups is 3. The van der Waals surface area contributed by atoms with Crippen molar-refractivity contribution in [2.24, 2.45) is 0 Å². The first-order valence-electron chi connectivity index (χ1n) is 9.44. The number of amides is 1. The van der Waals surface area contributed by atoms with Gasteiger partial charge in [0.1, 0.15) is 11.5 Å². The summed E-state index contributed by atoms with van der Waals surface area (Å²) in [5, 5.41) is 2.58. The van der Waals surface area contributed by atoms with E-state index >= 15 is 0 Å². The van der Waals surface area contributed by atoms with Gasteiger partial charge in [0.25, 0.3) is 11.7 Å². The average molecular weight is 408 g/mol. The molecule has 0 aliphatic carbocycles. The maximum Gasteiger partial charge on any atom is 0.340 e. The number of halogens is 1. The summed E-state index contributed by atoms with van der Waals surface area (Å²) >= 11 is 0. The highest BCUT2D eigenvalue weighted by atomic mass is 19.1. The molecule has 1 aromatic heterocycles. The number of aromatic amines is 1. The van der Waals surface area contributed by atoms with Crippen LogP contribution in [-0.2, 0) is 16.1 Å². The van der Waals surface area contributed by atoms with Crippen molar-refractivity contribution in [1.29, 1.82) is 0 Å². The van der Waals surface area contributed by atoms with Crippen molar-refractivity contribution in [2.75, 3.05) is 6.61 Å². The molecule has 3 aromatic rings. The number of aryl methyl sites for hydroxylation is 1. The van der Waals surface area contributed by atoms with Crippen LogP contribution >= 0.6 is 0 Å². The van der Waals surface area contributed by atoms with Gasteiger partial charge in [-0.05, 0) is 37.1 Å². The molecule has 0 aliphatic rings. The Morgan fingerprint density at radius 3 is 2.33 bits per heavy atom. The summed E-state index contributed by atoms with van der Waals surface area (Å²) in [4.78, 5) is 40.8. The fraction of sp³-hybridized carbons (Fsp3) is 0.174. The van der Waals surface area contributed by atoms with E-state index in [4.69, 9.17) is 4.74 Å². The Balaban J connectivity index is 1.97. The van der Waals surface area contributed by atoms with E-state index in [1.54, 1.807) is 13.8 Å². The summed E-state index contributed by atoms with van der Waals surface area (Å²) in [6, 6.07) is 14.5. The molecule has 0 atom stereocenters. The van der Waals surface area contributed by atoms with Crippen molar-refractivity contribution in [1.82, 2.24) is 10.3 Å². The predicted octanol–water partition coefficient (Wildman–Crippen LogP) is 3.81. The lowest BCUT2D eigenvalue weighted by atomic mass is 9.98. The Kier molecular flexibility index (Phi) is 6.41. The van der Waals surface area contributed by atoms with Crippen LogP contribution in [-0.4, -0.2) is 29.3 Å². The summed E-state index contributed by atoms with van der Waals surface area (Å²) in [6.45, 7) is 3.60. The van der Waals surface area contributed by atoms with Crippen molar-refractivity contribution in [3.63, 3.8) is 0 Å². The molecule has 7 heteroatoms. The van der Waals surface area contributed by atoms with Gasteiger partial charge in [0.15, 0.2) is 0 Å². The first kappa shape index (κ1) is 21.0. The fourth-order valence-electron chi connectivity index (χ4n) is 3.13. The van der Waals surface area contributed by atoms with Gasteiger partial charge in [-0.15, -0.1) is 0 Å². The van der Waals surface area contributed by atoms with E-state index in [0.29, 0.717) is 11.3 Å². The second-order valence-electron chi connectivity index (χ2n) is 6.60. The topological polar surface area (TPSA) is 88.3 Å². The van der Waals surface area contributed by atoms with Gasteiger partial charge in [-0.1, -0.05) is 42.5 Å². The highest BCUT2D eigenvalue weighted by Crippen LogP contribution is 2.31. The first-order valence-corrected chi connectivity index (χ1v) is 9.44. The molecular formula is C23H21FN2O4. The zero-order valence-corrected chi connectivity index (χ0v) is 16.6. The molecule has 30 heavy (non-hydrogen) atoms. The molecule has 0 unspecified atom stereocenters. The Hall–Kier alpha value is -3.74. The molecule has 0 fully saturated rings. The number of hydrogen-bond acceptors (Lipinski definition) is 4. The van der Waals surface area contributed by atoms with Crippen LogP contribution in [0.1, 0.15) is 39.0 Å². The highest BCUT2D eigenvalue weighted by molar-refractivity contribution is 6.43. The standard InChI is InChI=1S/C23H21FN2O4/c1-3-30-23(29)18-14(2)26-20(19(18)16-9-11-17(24)12-10-16)21(27)22(28)25-13-15-7-5-4-6-8-15/h4-12,26H,3,13H2,1-2H3,(H,25,28). The second-order valence-corrected chi connectivity index (χ2v) is 6.60. The van der Waals surface area contributed by atoms with Gasteiger partial charge >= 0.3 is 5.97 Å². The number of H-pyrrole nitrogens is 1. The lowest BCUT2D eigenvalue weighted by Gasteiger charge is -2.08. The van der Waals surface area contributed by atoms with E-state index in [9.17, 15) is 18.8 Å². The summed E-state index contributed by atoms with van der Waals surface area (Å²) in [6.07, 6.45) is 0. The van der Waals surface area contributed by atoms with Crippen LogP contribution < -0.4 is 5.32 Å². The van der Waals surface area contributed by atoms with Gasteiger partial charge in [-0.3, -0.25) is 9.59 Å². The van der Waals surface area contributed by atoms with Gasteiger partial charge in [-0.2, -0.15) is 0 Å². The number of nitrogens with one attached hydrogen (secondary N) is 2. The minimum Gasteiger partial charge on any atom is -0.462 e. The lowest BCUT2D eigenvalue weighted by Crippen LogP contribution is -2.31. The molecule has 0 bridgehead atoms. The Bertz CT molecular complexity index is 1070. The third-order valence-corrected chi connectivity index (χ3v) is 4.53. The zero-order valence-electron chi connectivity index (χ0n) is 16.6. The first-order chi connectivity index (χ1) is 14.4. The fourth-order valence-corrected chi connectivity index (χ4v) is 3.13. The minimum atomic E-state index is -0.830. The van der Waals surface area contributed by atoms with Crippen LogP contribution in [0.5, 0.6) is 0 Å². The Morgan fingerprint density at radius 1 is 1.03 bits per heavy atom. The van der Waals surface area contributed by atoms with Crippen LogP contribution in [0.15, 0.2) is 54.6 Å². The van der Waals surface area contributed by atoms with E-state index in [1.807, 2.05) is 30.3 Å². The zero-order chi connectivity index (χ0) is 21.7. The van der Waals surface area contributed by atoms with Gasteiger partial charge in [-0.25, -0.2) is 9.18 Å². The summed E-state index contributed by atoms with van der Waals surface area (Å²) in [5.41, 5.74) is 1.95. The van der Waals surface area contributed by atoms with Crippen LogP contribution in [0.4, 0.5) is 4.39 Å². The van der Waals surface area contributed by atoms with Crippen molar-refractivity contribution >= 4 is 17.7 Å². The number of Topliss-reactive ketones (excluding diaryl/α,β-unsaturated/α-hetero) is 1. The number of hydrogen-bond donors (Lipinski definition) is 2. The van der Waals surface area contributed by atoms with Crippen LogP contribution in [0.25, 0.3) is 11.1 Å². The largest absolute Gasteiger partial charge is 0.462 e. The number of aromatic nitrogens is 1. The summed E-state index contributed by atoms with van der Waals surface area (Å²) in [7, 11) is 0. The van der Waals surface area contributed by atoms with Gasteiger partial charge < -0.3 is 15.0 Å². The quantitative estimate of drug-likeness (QED) is 0.354. The van der Waals surface area contributed by atoms with Gasteiger partial charge in [0.2, 0.25) is 0 Å². The minimum absolute atomic E-state index is 0.0484. The monoisotopic (exact) mass is 408 g/mol. The van der Waals surface area contributed by atoms with E-state index < -0.39 is 23.5 Å². The SMILES string of the molecule is CCOC(=O)c1c(C)[nH]c(C(=O)C(=O)NCc2ccccc2)c1-c1ccc(F)cc1. The van der Waals surface area contributed by atoms with Crippen molar-refractivity contribution in [2.45, 2.75) is 20.4 Å². The molecule has 3 rings (SSSR count). The van der Waals surface area contributed by atoms with Gasteiger partial charge in [0, 0.05) is 17.8 Å². The normalized spacial score (nSPS) is 10.5. The molecular weight excluding hydrogens is 387 g/mol. The molecule has 0 saturated carbocycles. The number of benzene rings is 2. The highest BCUT2D eigenvalue weighted by Gasteiger charge is 2.29. The maximum absolute atomic E-state index is 13.4. The molecule has 0 aliphatic heterocycles. The molecule has 154 valence electrons. The van der Waals surface area contributed by atoms with Crippen LogP contribution in [0.2, 0.25) is 0 Å². The van der Waals surface area contributed by atoms with Crippen molar-refractivity contribution < 1.29 is 23.5 Å². The van der Waals surface area contributed by atoms with E-state index in [1.165, 1.54) is 24.3 Å². The molecule has 6 nitrogen and oxygen atoms in total. The summed E-state index contributed by atoms with van der Waals surface area (Å²) in [5.74, 6) is -2.74. The number of rotatable bonds is 7. The smallest absolute Gasteiger partial charge is 0.340 e. The molecule has 1 amide bonds. The third-order valence-electron chi connectivity index (χ3n) is 4.53. The molecule has 2 aromatic carbocycles. The predicted molar refractivity (Wildman–Crippen MR) is 109 cm³/mol. The summed E-state index contributed by atoms with van der Waals surface area (Å²) < 4.78 is 18.5. The van der Waals surface area contributed by atoms with E-state index in [0.717, 1.165) is 5.56 Å². The van der Waals surface area contributed by atoms with E-state index in [-0.39, 0.29) is 30.0 Å².